The Morgan fingerprint density at radius 1 is 1.08 bits per heavy atom. The summed E-state index contributed by atoms with van der Waals surface area (Å²) in [6.45, 7) is 4.26. The van der Waals surface area contributed by atoms with Crippen LogP contribution in [0.1, 0.15) is 37.3 Å². The van der Waals surface area contributed by atoms with Crippen molar-refractivity contribution in [1.82, 2.24) is 24.8 Å². The van der Waals surface area contributed by atoms with Crippen molar-refractivity contribution in [3.63, 3.8) is 0 Å². The Morgan fingerprint density at radius 2 is 1.88 bits per heavy atom. The quantitative estimate of drug-likeness (QED) is 0.846. The summed E-state index contributed by atoms with van der Waals surface area (Å²) in [5.74, 6) is 0.612. The maximum absolute atomic E-state index is 12.5. The second-order valence-corrected chi connectivity index (χ2v) is 7.22. The summed E-state index contributed by atoms with van der Waals surface area (Å²) in [6, 6.07) is 4.00. The lowest BCUT2D eigenvalue weighted by atomic mass is 9.90. The van der Waals surface area contributed by atoms with Gasteiger partial charge >= 0.3 is 0 Å². The molecular formula is C20H25N5O. The van der Waals surface area contributed by atoms with Crippen molar-refractivity contribution < 1.29 is 4.79 Å². The van der Waals surface area contributed by atoms with Crippen LogP contribution in [0, 0.1) is 0 Å². The van der Waals surface area contributed by atoms with Gasteiger partial charge in [-0.3, -0.25) is 14.7 Å². The summed E-state index contributed by atoms with van der Waals surface area (Å²) in [6.07, 6.45) is 11.6. The first-order chi connectivity index (χ1) is 12.8. The van der Waals surface area contributed by atoms with Gasteiger partial charge < -0.3 is 4.90 Å². The highest BCUT2D eigenvalue weighted by molar-refractivity contribution is 5.78. The minimum atomic E-state index is 0.278. The number of pyridine rings is 1. The predicted octanol–water partition coefficient (Wildman–Crippen LogP) is 2.34. The monoisotopic (exact) mass is 351 g/mol. The van der Waals surface area contributed by atoms with E-state index in [-0.39, 0.29) is 5.91 Å². The molecule has 2 aromatic rings. The Morgan fingerprint density at radius 3 is 2.69 bits per heavy atom. The summed E-state index contributed by atoms with van der Waals surface area (Å²) in [4.78, 5) is 29.8. The number of carbonyl (C=O) groups is 1. The fourth-order valence-electron chi connectivity index (χ4n) is 4.10. The first-order valence-corrected chi connectivity index (χ1v) is 9.51. The lowest BCUT2D eigenvalue weighted by Gasteiger charge is -2.33. The largest absolute Gasteiger partial charge is 0.342 e. The summed E-state index contributed by atoms with van der Waals surface area (Å²) < 4.78 is 0. The fraction of sp³-hybridized carbons (Fsp3) is 0.500. The van der Waals surface area contributed by atoms with E-state index >= 15 is 0 Å². The number of carbonyl (C=O) groups excluding carboxylic acids is 1. The standard InChI is InChI=1S/C20H25N5O/c26-19(25-10-1-2-11-25)14-24-9-3-4-17(13-24)20-18(12-22-15-23-20)16-5-7-21-8-6-16/h5-8,12,15,17H,1-4,9-11,13-14H2/t17-/m0/s1. The van der Waals surface area contributed by atoms with Crippen LogP contribution < -0.4 is 0 Å². The molecule has 0 N–H and O–H groups in total. The average Bonchev–Trinajstić information content (AvgIpc) is 3.24. The number of amides is 1. The molecule has 0 spiro atoms. The minimum Gasteiger partial charge on any atom is -0.342 e. The van der Waals surface area contributed by atoms with Crippen LogP contribution in [-0.4, -0.2) is 63.4 Å². The second-order valence-electron chi connectivity index (χ2n) is 7.22. The minimum absolute atomic E-state index is 0.278. The van der Waals surface area contributed by atoms with E-state index < -0.39 is 0 Å². The summed E-state index contributed by atoms with van der Waals surface area (Å²) in [5.41, 5.74) is 3.26. The molecular weight excluding hydrogens is 326 g/mol. The second kappa shape index (κ2) is 7.91. The van der Waals surface area contributed by atoms with Crippen LogP contribution >= 0.6 is 0 Å². The topological polar surface area (TPSA) is 62.2 Å². The van der Waals surface area contributed by atoms with E-state index in [4.69, 9.17) is 0 Å². The number of aromatic nitrogens is 3. The molecule has 0 aromatic carbocycles. The van der Waals surface area contributed by atoms with Gasteiger partial charge in [0, 0.05) is 49.7 Å². The van der Waals surface area contributed by atoms with Crippen molar-refractivity contribution >= 4 is 5.91 Å². The molecule has 1 amide bonds. The maximum atomic E-state index is 12.5. The van der Waals surface area contributed by atoms with Gasteiger partial charge in [0.25, 0.3) is 0 Å². The Labute approximate surface area is 154 Å². The molecule has 4 heterocycles. The molecule has 136 valence electrons. The zero-order valence-electron chi connectivity index (χ0n) is 15.0. The Hall–Kier alpha value is -2.34. The number of hydrogen-bond donors (Lipinski definition) is 0. The lowest BCUT2D eigenvalue weighted by molar-refractivity contribution is -0.131. The Kier molecular flexibility index (Phi) is 5.20. The van der Waals surface area contributed by atoms with Crippen LogP contribution in [0.25, 0.3) is 11.1 Å². The molecule has 4 rings (SSSR count). The summed E-state index contributed by atoms with van der Waals surface area (Å²) in [7, 11) is 0. The Balaban J connectivity index is 1.49. The molecule has 2 aromatic heterocycles. The zero-order valence-corrected chi connectivity index (χ0v) is 15.0. The van der Waals surface area contributed by atoms with Gasteiger partial charge in [-0.25, -0.2) is 9.97 Å². The molecule has 6 heteroatoms. The maximum Gasteiger partial charge on any atom is 0.236 e. The molecule has 0 bridgehead atoms. The highest BCUT2D eigenvalue weighted by atomic mass is 16.2. The van der Waals surface area contributed by atoms with Crippen LogP contribution in [-0.2, 0) is 4.79 Å². The molecule has 2 aliphatic heterocycles. The molecule has 2 fully saturated rings. The first kappa shape index (κ1) is 17.1. The Bertz CT molecular complexity index is 745. The predicted molar refractivity (Wildman–Crippen MR) is 99.5 cm³/mol. The van der Waals surface area contributed by atoms with Crippen molar-refractivity contribution in [1.29, 1.82) is 0 Å². The molecule has 2 saturated heterocycles. The third-order valence-electron chi connectivity index (χ3n) is 5.44. The van der Waals surface area contributed by atoms with Gasteiger partial charge in [0.2, 0.25) is 5.91 Å². The third kappa shape index (κ3) is 3.75. The van der Waals surface area contributed by atoms with E-state index in [1.54, 1.807) is 18.7 Å². The number of nitrogens with zero attached hydrogens (tertiary/aromatic N) is 5. The average molecular weight is 351 g/mol. The van der Waals surface area contributed by atoms with Crippen molar-refractivity contribution in [3.05, 3.63) is 42.7 Å². The molecule has 6 nitrogen and oxygen atoms in total. The fourth-order valence-corrected chi connectivity index (χ4v) is 4.10. The van der Waals surface area contributed by atoms with Gasteiger partial charge in [-0.05, 0) is 49.9 Å². The zero-order chi connectivity index (χ0) is 17.8. The van der Waals surface area contributed by atoms with Gasteiger partial charge in [-0.15, -0.1) is 0 Å². The normalized spacial score (nSPS) is 21.1. The number of hydrogen-bond acceptors (Lipinski definition) is 5. The van der Waals surface area contributed by atoms with Crippen molar-refractivity contribution in [2.75, 3.05) is 32.7 Å². The van der Waals surface area contributed by atoms with Gasteiger partial charge in [0.15, 0.2) is 0 Å². The number of likely N-dealkylation sites (tertiary alicyclic amines) is 2. The van der Waals surface area contributed by atoms with Crippen LogP contribution in [0.4, 0.5) is 0 Å². The van der Waals surface area contributed by atoms with Gasteiger partial charge in [0.05, 0.1) is 12.2 Å². The van der Waals surface area contributed by atoms with Crippen LogP contribution in [0.3, 0.4) is 0 Å². The first-order valence-electron chi connectivity index (χ1n) is 9.51. The van der Waals surface area contributed by atoms with Crippen LogP contribution in [0.15, 0.2) is 37.1 Å². The van der Waals surface area contributed by atoms with Crippen LogP contribution in [0.5, 0.6) is 0 Å². The van der Waals surface area contributed by atoms with Gasteiger partial charge in [-0.2, -0.15) is 0 Å². The molecule has 0 aliphatic carbocycles. The molecule has 0 unspecified atom stereocenters. The van der Waals surface area contributed by atoms with E-state index in [2.05, 4.69) is 19.9 Å². The van der Waals surface area contributed by atoms with Gasteiger partial charge in [0.1, 0.15) is 6.33 Å². The van der Waals surface area contributed by atoms with Crippen molar-refractivity contribution in [2.45, 2.75) is 31.6 Å². The number of rotatable bonds is 4. The summed E-state index contributed by atoms with van der Waals surface area (Å²) >= 11 is 0. The lowest BCUT2D eigenvalue weighted by Crippen LogP contribution is -2.43. The SMILES string of the molecule is O=C(CN1CCC[C@H](c2ncncc2-c2ccncc2)C1)N1CCCC1. The van der Waals surface area contributed by atoms with E-state index in [1.807, 2.05) is 23.2 Å². The van der Waals surface area contributed by atoms with Gasteiger partial charge in [-0.1, -0.05) is 0 Å². The molecule has 2 aliphatic rings. The molecule has 0 saturated carbocycles. The number of piperidine rings is 1. The molecule has 26 heavy (non-hydrogen) atoms. The molecule has 1 atom stereocenters. The summed E-state index contributed by atoms with van der Waals surface area (Å²) in [5, 5.41) is 0. The van der Waals surface area contributed by atoms with E-state index in [9.17, 15) is 4.79 Å². The smallest absolute Gasteiger partial charge is 0.236 e. The van der Waals surface area contributed by atoms with E-state index in [0.717, 1.165) is 68.7 Å². The van der Waals surface area contributed by atoms with Crippen molar-refractivity contribution in [2.24, 2.45) is 0 Å². The highest BCUT2D eigenvalue weighted by Gasteiger charge is 2.27. The van der Waals surface area contributed by atoms with Crippen LogP contribution in [0.2, 0.25) is 0 Å². The van der Waals surface area contributed by atoms with Crippen molar-refractivity contribution in [3.8, 4) is 11.1 Å². The van der Waals surface area contributed by atoms with E-state index in [0.29, 0.717) is 12.5 Å². The third-order valence-corrected chi connectivity index (χ3v) is 5.44. The van der Waals surface area contributed by atoms with E-state index in [1.165, 1.54) is 0 Å². The molecule has 0 radical (unpaired) electrons. The highest BCUT2D eigenvalue weighted by Crippen LogP contribution is 2.32.